The van der Waals surface area contributed by atoms with Crippen LogP contribution in [0.25, 0.3) is 0 Å². The summed E-state index contributed by atoms with van der Waals surface area (Å²) < 4.78 is 26.9. The molecule has 0 saturated heterocycles. The Labute approximate surface area is 116 Å². The first-order valence-electron chi connectivity index (χ1n) is 6.38. The molecule has 1 heterocycles. The fraction of sp³-hybridized carbons (Fsp3) is 0.214. The van der Waals surface area contributed by atoms with Crippen LogP contribution in [0.5, 0.6) is 0 Å². The summed E-state index contributed by atoms with van der Waals surface area (Å²) in [6.45, 7) is 0. The van der Waals surface area contributed by atoms with E-state index in [0.717, 1.165) is 19.3 Å². The average Bonchev–Trinajstić information content (AvgIpc) is 2.86. The summed E-state index contributed by atoms with van der Waals surface area (Å²) in [7, 11) is -3.67. The molecular formula is C14H14N2O3S. The van der Waals surface area contributed by atoms with Crippen molar-refractivity contribution in [1.29, 1.82) is 0 Å². The van der Waals surface area contributed by atoms with Gasteiger partial charge in [-0.2, -0.15) is 0 Å². The Balaban J connectivity index is 1.90. The highest BCUT2D eigenvalue weighted by molar-refractivity contribution is 7.92. The number of hydrogen-bond donors (Lipinski definition) is 2. The van der Waals surface area contributed by atoms with Crippen LogP contribution in [0, 0.1) is 0 Å². The van der Waals surface area contributed by atoms with Gasteiger partial charge in [0.2, 0.25) is 5.56 Å². The monoisotopic (exact) mass is 290 g/mol. The molecule has 1 aliphatic carbocycles. The fourth-order valence-corrected chi connectivity index (χ4v) is 3.43. The van der Waals surface area contributed by atoms with E-state index in [-0.39, 0.29) is 10.5 Å². The molecule has 3 rings (SSSR count). The number of fused-ring (bicyclic) bond motifs is 1. The number of rotatable bonds is 3. The van der Waals surface area contributed by atoms with E-state index in [1.54, 1.807) is 6.07 Å². The van der Waals surface area contributed by atoms with Gasteiger partial charge in [0.25, 0.3) is 10.0 Å². The number of aromatic amines is 1. The molecular weight excluding hydrogens is 276 g/mol. The number of sulfonamides is 1. The topological polar surface area (TPSA) is 79.0 Å². The second kappa shape index (κ2) is 4.79. The smallest absolute Gasteiger partial charge is 0.263 e. The maximum absolute atomic E-state index is 12.2. The first-order valence-corrected chi connectivity index (χ1v) is 7.86. The summed E-state index contributed by atoms with van der Waals surface area (Å²) >= 11 is 0. The van der Waals surface area contributed by atoms with Gasteiger partial charge in [-0.25, -0.2) is 8.42 Å². The zero-order chi connectivity index (χ0) is 14.2. The van der Waals surface area contributed by atoms with E-state index in [1.807, 2.05) is 12.1 Å². The van der Waals surface area contributed by atoms with Gasteiger partial charge in [-0.1, -0.05) is 6.07 Å². The minimum Gasteiger partial charge on any atom is -0.328 e. The van der Waals surface area contributed by atoms with Gasteiger partial charge in [-0.3, -0.25) is 9.52 Å². The van der Waals surface area contributed by atoms with E-state index in [4.69, 9.17) is 0 Å². The third kappa shape index (κ3) is 2.46. The van der Waals surface area contributed by atoms with Crippen molar-refractivity contribution in [2.75, 3.05) is 4.72 Å². The van der Waals surface area contributed by atoms with Crippen LogP contribution in [0.1, 0.15) is 17.5 Å². The molecule has 104 valence electrons. The highest BCUT2D eigenvalue weighted by atomic mass is 32.2. The van der Waals surface area contributed by atoms with E-state index in [1.165, 1.54) is 29.5 Å². The zero-order valence-corrected chi connectivity index (χ0v) is 11.5. The molecule has 0 atom stereocenters. The van der Waals surface area contributed by atoms with Crippen molar-refractivity contribution in [2.45, 2.75) is 24.2 Å². The van der Waals surface area contributed by atoms with Gasteiger partial charge in [-0.05, 0) is 48.6 Å². The number of nitrogens with one attached hydrogen (secondary N) is 2. The molecule has 20 heavy (non-hydrogen) atoms. The van der Waals surface area contributed by atoms with Crippen molar-refractivity contribution in [2.24, 2.45) is 0 Å². The lowest BCUT2D eigenvalue weighted by Crippen LogP contribution is -2.15. The van der Waals surface area contributed by atoms with E-state index in [0.29, 0.717) is 5.69 Å². The largest absolute Gasteiger partial charge is 0.328 e. The molecule has 0 bridgehead atoms. The van der Waals surface area contributed by atoms with Crippen molar-refractivity contribution < 1.29 is 8.42 Å². The molecule has 0 radical (unpaired) electrons. The van der Waals surface area contributed by atoms with E-state index < -0.39 is 10.0 Å². The summed E-state index contributed by atoms with van der Waals surface area (Å²) in [4.78, 5) is 13.4. The molecule has 0 fully saturated rings. The summed E-state index contributed by atoms with van der Waals surface area (Å²) in [5.74, 6) is 0. The minimum absolute atomic E-state index is 0.0394. The SMILES string of the molecule is O=c1ccc(S(=O)(=O)Nc2ccc3c(c2)CCC3)c[nH]1. The van der Waals surface area contributed by atoms with Crippen molar-refractivity contribution in [1.82, 2.24) is 4.98 Å². The van der Waals surface area contributed by atoms with Crippen LogP contribution >= 0.6 is 0 Å². The number of aryl methyl sites for hydroxylation is 2. The predicted octanol–water partition coefficient (Wildman–Crippen LogP) is 1.66. The Morgan fingerprint density at radius 3 is 2.60 bits per heavy atom. The highest BCUT2D eigenvalue weighted by Gasteiger charge is 2.16. The lowest BCUT2D eigenvalue weighted by Gasteiger charge is -2.09. The summed E-state index contributed by atoms with van der Waals surface area (Å²) in [6.07, 6.45) is 4.36. The molecule has 2 aromatic rings. The van der Waals surface area contributed by atoms with Gasteiger partial charge in [0.05, 0.1) is 0 Å². The van der Waals surface area contributed by atoms with Crippen LogP contribution in [0.15, 0.2) is 46.2 Å². The van der Waals surface area contributed by atoms with Crippen LogP contribution in [0.3, 0.4) is 0 Å². The number of hydrogen-bond acceptors (Lipinski definition) is 3. The second-order valence-electron chi connectivity index (χ2n) is 4.83. The number of pyridine rings is 1. The summed E-state index contributed by atoms with van der Waals surface area (Å²) in [5, 5.41) is 0. The quantitative estimate of drug-likeness (QED) is 0.902. The molecule has 0 saturated carbocycles. The van der Waals surface area contributed by atoms with Gasteiger partial charge in [0.1, 0.15) is 4.90 Å². The summed E-state index contributed by atoms with van der Waals surface area (Å²) in [5.41, 5.74) is 2.71. The van der Waals surface area contributed by atoms with Gasteiger partial charge < -0.3 is 4.98 Å². The highest BCUT2D eigenvalue weighted by Crippen LogP contribution is 2.26. The molecule has 1 aliphatic rings. The lowest BCUT2D eigenvalue weighted by atomic mass is 10.1. The molecule has 6 heteroatoms. The molecule has 0 amide bonds. The average molecular weight is 290 g/mol. The van der Waals surface area contributed by atoms with Crippen LogP contribution in [0.2, 0.25) is 0 Å². The molecule has 1 aromatic heterocycles. The maximum atomic E-state index is 12.2. The zero-order valence-electron chi connectivity index (χ0n) is 10.7. The first-order chi connectivity index (χ1) is 9.54. The lowest BCUT2D eigenvalue weighted by molar-refractivity contribution is 0.600. The van der Waals surface area contributed by atoms with E-state index in [9.17, 15) is 13.2 Å². The van der Waals surface area contributed by atoms with Crippen LogP contribution in [-0.2, 0) is 22.9 Å². The maximum Gasteiger partial charge on any atom is 0.263 e. The van der Waals surface area contributed by atoms with Crippen molar-refractivity contribution >= 4 is 15.7 Å². The standard InChI is InChI=1S/C14H14N2O3S/c17-14-7-6-13(9-15-14)20(18,19)16-12-5-4-10-2-1-3-11(10)8-12/h4-9,16H,1-3H2,(H,15,17). The molecule has 0 spiro atoms. The van der Waals surface area contributed by atoms with E-state index >= 15 is 0 Å². The number of aromatic nitrogens is 1. The Morgan fingerprint density at radius 1 is 1.05 bits per heavy atom. The first kappa shape index (κ1) is 12.9. The summed E-state index contributed by atoms with van der Waals surface area (Å²) in [6, 6.07) is 8.10. The van der Waals surface area contributed by atoms with Gasteiger partial charge >= 0.3 is 0 Å². The Bertz CT molecular complexity index is 789. The normalized spacial score (nSPS) is 14.0. The molecule has 5 nitrogen and oxygen atoms in total. The number of anilines is 1. The van der Waals surface area contributed by atoms with E-state index in [2.05, 4.69) is 9.71 Å². The third-order valence-corrected chi connectivity index (χ3v) is 4.80. The Kier molecular flexibility index (Phi) is 3.10. The van der Waals surface area contributed by atoms with Crippen LogP contribution < -0.4 is 10.3 Å². The van der Waals surface area contributed by atoms with Gasteiger partial charge in [0, 0.05) is 18.0 Å². The minimum atomic E-state index is -3.67. The Hall–Kier alpha value is -2.08. The van der Waals surface area contributed by atoms with Crippen LogP contribution in [-0.4, -0.2) is 13.4 Å². The Morgan fingerprint density at radius 2 is 1.85 bits per heavy atom. The fourth-order valence-electron chi connectivity index (χ4n) is 2.41. The molecule has 1 aromatic carbocycles. The van der Waals surface area contributed by atoms with Gasteiger partial charge in [0.15, 0.2) is 0 Å². The predicted molar refractivity (Wildman–Crippen MR) is 76.3 cm³/mol. The second-order valence-corrected chi connectivity index (χ2v) is 6.51. The number of H-pyrrole nitrogens is 1. The third-order valence-electron chi connectivity index (χ3n) is 3.42. The number of benzene rings is 1. The molecule has 0 unspecified atom stereocenters. The molecule has 0 aliphatic heterocycles. The van der Waals surface area contributed by atoms with Gasteiger partial charge in [-0.15, -0.1) is 0 Å². The molecule has 2 N–H and O–H groups in total. The van der Waals surface area contributed by atoms with Crippen molar-refractivity contribution in [3.05, 3.63) is 58.0 Å². The van der Waals surface area contributed by atoms with Crippen molar-refractivity contribution in [3.63, 3.8) is 0 Å². The van der Waals surface area contributed by atoms with Crippen molar-refractivity contribution in [3.8, 4) is 0 Å². The van der Waals surface area contributed by atoms with Crippen LogP contribution in [0.4, 0.5) is 5.69 Å².